The lowest BCUT2D eigenvalue weighted by Crippen LogP contribution is -2.41. The minimum atomic E-state index is -0.0994. The lowest BCUT2D eigenvalue weighted by molar-refractivity contribution is 0.208. The first-order valence-corrected chi connectivity index (χ1v) is 7.36. The van der Waals surface area contributed by atoms with E-state index in [1.807, 2.05) is 19.1 Å². The van der Waals surface area contributed by atoms with Gasteiger partial charge >= 0.3 is 0 Å². The van der Waals surface area contributed by atoms with Gasteiger partial charge in [0.2, 0.25) is 0 Å². The molecular formula is C16H25FN2. The summed E-state index contributed by atoms with van der Waals surface area (Å²) in [4.78, 5) is 2.51. The average molecular weight is 264 g/mol. The van der Waals surface area contributed by atoms with E-state index in [0.717, 1.165) is 17.7 Å². The van der Waals surface area contributed by atoms with Crippen LogP contribution in [0.4, 0.5) is 4.39 Å². The second-order valence-electron chi connectivity index (χ2n) is 5.74. The third kappa shape index (κ3) is 4.59. The first-order chi connectivity index (χ1) is 9.15. The predicted molar refractivity (Wildman–Crippen MR) is 77.7 cm³/mol. The molecule has 0 aliphatic carbocycles. The highest BCUT2D eigenvalue weighted by Crippen LogP contribution is 2.11. The van der Waals surface area contributed by atoms with Crippen LogP contribution < -0.4 is 5.32 Å². The van der Waals surface area contributed by atoms with Crippen molar-refractivity contribution in [3.05, 3.63) is 35.1 Å². The number of nitrogens with zero attached hydrogens (tertiary/aromatic N) is 1. The number of rotatable bonds is 5. The zero-order valence-electron chi connectivity index (χ0n) is 12.1. The Kier molecular flexibility index (Phi) is 5.34. The Morgan fingerprint density at radius 2 is 2.00 bits per heavy atom. The van der Waals surface area contributed by atoms with Gasteiger partial charge in [-0.15, -0.1) is 0 Å². The van der Waals surface area contributed by atoms with Crippen molar-refractivity contribution < 1.29 is 4.39 Å². The fraction of sp³-hybridized carbons (Fsp3) is 0.625. The highest BCUT2D eigenvalue weighted by atomic mass is 19.1. The zero-order chi connectivity index (χ0) is 13.7. The summed E-state index contributed by atoms with van der Waals surface area (Å²) in [5.41, 5.74) is 1.73. The van der Waals surface area contributed by atoms with Gasteiger partial charge in [-0.25, -0.2) is 4.39 Å². The maximum atomic E-state index is 13.7. The number of benzene rings is 1. The number of aryl methyl sites for hydroxylation is 1. The first kappa shape index (κ1) is 14.5. The smallest absolute Gasteiger partial charge is 0.127 e. The van der Waals surface area contributed by atoms with Gasteiger partial charge in [0.1, 0.15) is 5.82 Å². The molecule has 0 radical (unpaired) electrons. The average Bonchev–Trinajstić information content (AvgIpc) is 2.39. The normalized spacial score (nSPS) is 18.5. The molecule has 1 N–H and O–H groups in total. The van der Waals surface area contributed by atoms with E-state index in [2.05, 4.69) is 17.1 Å². The summed E-state index contributed by atoms with van der Waals surface area (Å²) in [7, 11) is 0. The van der Waals surface area contributed by atoms with Crippen molar-refractivity contribution in [2.24, 2.45) is 0 Å². The van der Waals surface area contributed by atoms with Gasteiger partial charge in [0.15, 0.2) is 0 Å². The van der Waals surface area contributed by atoms with E-state index in [1.165, 1.54) is 32.4 Å². The molecule has 0 amide bonds. The Labute approximate surface area is 116 Å². The quantitative estimate of drug-likeness (QED) is 0.879. The van der Waals surface area contributed by atoms with Crippen molar-refractivity contribution in [2.45, 2.75) is 45.7 Å². The maximum Gasteiger partial charge on any atom is 0.127 e. The molecule has 1 heterocycles. The van der Waals surface area contributed by atoms with Crippen LogP contribution in [0.25, 0.3) is 0 Å². The van der Waals surface area contributed by atoms with E-state index in [4.69, 9.17) is 0 Å². The highest BCUT2D eigenvalue weighted by molar-refractivity contribution is 5.23. The van der Waals surface area contributed by atoms with E-state index >= 15 is 0 Å². The number of hydrogen-bond acceptors (Lipinski definition) is 2. The maximum absolute atomic E-state index is 13.7. The van der Waals surface area contributed by atoms with E-state index < -0.39 is 0 Å². The lowest BCUT2D eigenvalue weighted by atomic mass is 10.1. The Morgan fingerprint density at radius 1 is 1.26 bits per heavy atom. The van der Waals surface area contributed by atoms with Crippen LogP contribution in [0.1, 0.15) is 37.3 Å². The van der Waals surface area contributed by atoms with Gasteiger partial charge < -0.3 is 10.2 Å². The molecule has 0 bridgehead atoms. The van der Waals surface area contributed by atoms with Gasteiger partial charge in [-0.2, -0.15) is 0 Å². The van der Waals surface area contributed by atoms with Gasteiger partial charge in [-0.1, -0.05) is 18.6 Å². The summed E-state index contributed by atoms with van der Waals surface area (Å²) in [6.07, 6.45) is 4.01. The minimum Gasteiger partial charge on any atom is -0.309 e. The molecule has 1 fully saturated rings. The van der Waals surface area contributed by atoms with Crippen molar-refractivity contribution in [2.75, 3.05) is 19.6 Å². The molecule has 2 rings (SSSR count). The summed E-state index contributed by atoms with van der Waals surface area (Å²) in [5, 5.41) is 3.42. The predicted octanol–water partition coefficient (Wildman–Crippen LogP) is 3.10. The van der Waals surface area contributed by atoms with Crippen LogP contribution in [0.15, 0.2) is 18.2 Å². The molecule has 1 saturated heterocycles. The van der Waals surface area contributed by atoms with Crippen LogP contribution in [-0.2, 0) is 6.54 Å². The molecule has 1 atom stereocenters. The molecule has 0 saturated carbocycles. The van der Waals surface area contributed by atoms with Gasteiger partial charge in [-0.3, -0.25) is 0 Å². The topological polar surface area (TPSA) is 15.3 Å². The SMILES string of the molecule is Cc1ccc(CNC(C)CN2CCCCC2)c(F)c1. The third-order valence-corrected chi connectivity index (χ3v) is 3.83. The van der Waals surface area contributed by atoms with Crippen molar-refractivity contribution in [1.82, 2.24) is 10.2 Å². The standard InChI is InChI=1S/C16H25FN2/c1-13-6-7-15(16(17)10-13)11-18-14(2)12-19-8-4-3-5-9-19/h6-7,10,14,18H,3-5,8-9,11-12H2,1-2H3. The zero-order valence-corrected chi connectivity index (χ0v) is 12.1. The molecule has 19 heavy (non-hydrogen) atoms. The van der Waals surface area contributed by atoms with Crippen molar-refractivity contribution in [3.63, 3.8) is 0 Å². The molecule has 2 nitrogen and oxygen atoms in total. The molecule has 1 aliphatic heterocycles. The summed E-state index contributed by atoms with van der Waals surface area (Å²) in [6, 6.07) is 5.85. The van der Waals surface area contributed by atoms with Crippen LogP contribution in [0, 0.1) is 12.7 Å². The lowest BCUT2D eigenvalue weighted by Gasteiger charge is -2.29. The first-order valence-electron chi connectivity index (χ1n) is 7.36. The van der Waals surface area contributed by atoms with Gasteiger partial charge in [-0.05, 0) is 51.4 Å². The van der Waals surface area contributed by atoms with E-state index in [0.29, 0.717) is 12.6 Å². The number of nitrogens with one attached hydrogen (secondary N) is 1. The molecule has 3 heteroatoms. The molecule has 1 unspecified atom stereocenters. The summed E-state index contributed by atoms with van der Waals surface area (Å²) in [6.45, 7) is 8.20. The fourth-order valence-electron chi connectivity index (χ4n) is 2.67. The van der Waals surface area contributed by atoms with Crippen LogP contribution in [0.5, 0.6) is 0 Å². The van der Waals surface area contributed by atoms with Crippen LogP contribution in [0.2, 0.25) is 0 Å². The number of piperidine rings is 1. The largest absolute Gasteiger partial charge is 0.309 e. The second kappa shape index (κ2) is 7.01. The van der Waals surface area contributed by atoms with Crippen molar-refractivity contribution >= 4 is 0 Å². The molecular weight excluding hydrogens is 239 g/mol. The number of hydrogen-bond donors (Lipinski definition) is 1. The van der Waals surface area contributed by atoms with Crippen LogP contribution in [-0.4, -0.2) is 30.6 Å². The number of likely N-dealkylation sites (tertiary alicyclic amines) is 1. The van der Waals surface area contributed by atoms with E-state index in [1.54, 1.807) is 6.07 Å². The molecule has 0 aromatic heterocycles. The van der Waals surface area contributed by atoms with Crippen LogP contribution in [0.3, 0.4) is 0 Å². The number of halogens is 1. The molecule has 0 spiro atoms. The van der Waals surface area contributed by atoms with Gasteiger partial charge in [0.25, 0.3) is 0 Å². The monoisotopic (exact) mass is 264 g/mol. The Hall–Kier alpha value is -0.930. The fourth-order valence-corrected chi connectivity index (χ4v) is 2.67. The van der Waals surface area contributed by atoms with Crippen molar-refractivity contribution in [3.8, 4) is 0 Å². The van der Waals surface area contributed by atoms with Gasteiger partial charge in [0.05, 0.1) is 0 Å². The van der Waals surface area contributed by atoms with Gasteiger partial charge in [0, 0.05) is 24.7 Å². The summed E-state index contributed by atoms with van der Waals surface area (Å²) in [5.74, 6) is -0.0994. The van der Waals surface area contributed by atoms with Crippen molar-refractivity contribution in [1.29, 1.82) is 0 Å². The third-order valence-electron chi connectivity index (χ3n) is 3.83. The summed E-state index contributed by atoms with van der Waals surface area (Å²) >= 11 is 0. The molecule has 1 aromatic carbocycles. The Balaban J connectivity index is 1.77. The van der Waals surface area contributed by atoms with E-state index in [-0.39, 0.29) is 5.82 Å². The van der Waals surface area contributed by atoms with E-state index in [9.17, 15) is 4.39 Å². The minimum absolute atomic E-state index is 0.0994. The van der Waals surface area contributed by atoms with Crippen LogP contribution >= 0.6 is 0 Å². The highest BCUT2D eigenvalue weighted by Gasteiger charge is 2.13. The molecule has 1 aromatic rings. The molecule has 106 valence electrons. The molecule has 1 aliphatic rings. The second-order valence-corrected chi connectivity index (χ2v) is 5.74. The Bertz CT molecular complexity index is 400. The Morgan fingerprint density at radius 3 is 2.68 bits per heavy atom. The summed E-state index contributed by atoms with van der Waals surface area (Å²) < 4.78 is 13.7.